The predicted molar refractivity (Wildman–Crippen MR) is 112 cm³/mol. The molecule has 0 fully saturated rings. The summed E-state index contributed by atoms with van der Waals surface area (Å²) in [6.45, 7) is 7.62. The Morgan fingerprint density at radius 3 is 2.39 bits per heavy atom. The van der Waals surface area contributed by atoms with Crippen molar-refractivity contribution < 1.29 is 14.3 Å². The number of amides is 2. The van der Waals surface area contributed by atoms with E-state index in [-0.39, 0.29) is 11.6 Å². The number of rotatable bonds is 8. The summed E-state index contributed by atoms with van der Waals surface area (Å²) in [6.07, 6.45) is 0. The van der Waals surface area contributed by atoms with Crippen LogP contribution in [0.15, 0.2) is 48.5 Å². The van der Waals surface area contributed by atoms with Gasteiger partial charge in [0.2, 0.25) is 0 Å². The van der Waals surface area contributed by atoms with Crippen molar-refractivity contribution in [2.75, 3.05) is 20.2 Å². The molecular formula is C22H31N3O3. The molecule has 3 N–H and O–H groups in total. The Labute approximate surface area is 167 Å². The van der Waals surface area contributed by atoms with Gasteiger partial charge in [-0.25, -0.2) is 4.79 Å². The maximum Gasteiger partial charge on any atom is 0.318 e. The zero-order valence-corrected chi connectivity index (χ0v) is 17.2. The first-order chi connectivity index (χ1) is 13.3. The lowest BCUT2D eigenvalue weighted by molar-refractivity contribution is 0.187. The molecule has 2 rings (SSSR count). The number of hydrogen-bond donors (Lipinski definition) is 2. The van der Waals surface area contributed by atoms with E-state index in [9.17, 15) is 4.79 Å². The summed E-state index contributed by atoms with van der Waals surface area (Å²) >= 11 is 0. The highest BCUT2D eigenvalue weighted by Crippen LogP contribution is 2.29. The molecule has 0 aliphatic rings. The molecule has 2 amide bonds. The monoisotopic (exact) mass is 385 g/mol. The maximum atomic E-state index is 12.5. The van der Waals surface area contributed by atoms with Gasteiger partial charge in [0.05, 0.1) is 7.11 Å². The first-order valence-corrected chi connectivity index (χ1v) is 9.43. The third kappa shape index (κ3) is 6.78. The number of urea groups is 1. The summed E-state index contributed by atoms with van der Waals surface area (Å²) in [6, 6.07) is 15.5. The molecule has 152 valence electrons. The van der Waals surface area contributed by atoms with Gasteiger partial charge in [-0.05, 0) is 44.0 Å². The smallest absolute Gasteiger partial charge is 0.318 e. The Balaban J connectivity index is 2.09. The molecule has 0 aromatic heterocycles. The van der Waals surface area contributed by atoms with Crippen molar-refractivity contribution in [1.82, 2.24) is 10.2 Å². The number of carbonyl (C=O) groups excluding carboxylic acids is 1. The van der Waals surface area contributed by atoms with Crippen molar-refractivity contribution in [2.45, 2.75) is 39.5 Å². The third-order valence-corrected chi connectivity index (χ3v) is 4.01. The average molecular weight is 386 g/mol. The van der Waals surface area contributed by atoms with Gasteiger partial charge in [-0.1, -0.05) is 36.4 Å². The minimum Gasteiger partial charge on any atom is -0.493 e. The van der Waals surface area contributed by atoms with Crippen LogP contribution in [0.1, 0.15) is 31.9 Å². The third-order valence-electron chi connectivity index (χ3n) is 4.01. The van der Waals surface area contributed by atoms with E-state index < -0.39 is 0 Å². The van der Waals surface area contributed by atoms with Crippen LogP contribution in [0.3, 0.4) is 0 Å². The standard InChI is InChI=1S/C22H31N3O3/c1-22(2,3)24-21(26)25(13-12-23)15-18-10-11-19(20(14-18)27-4)28-16-17-8-6-5-7-9-17/h5-11,14H,12-13,15-16,23H2,1-4H3,(H,24,26). The summed E-state index contributed by atoms with van der Waals surface area (Å²) < 4.78 is 11.4. The molecule has 6 nitrogen and oxygen atoms in total. The number of carbonyl (C=O) groups is 1. The molecule has 2 aromatic carbocycles. The van der Waals surface area contributed by atoms with Crippen LogP contribution in [0, 0.1) is 0 Å². The quantitative estimate of drug-likeness (QED) is 0.729. The molecule has 0 unspecified atom stereocenters. The summed E-state index contributed by atoms with van der Waals surface area (Å²) in [5.74, 6) is 1.30. The van der Waals surface area contributed by atoms with Crippen LogP contribution in [0.5, 0.6) is 11.5 Å². The molecule has 28 heavy (non-hydrogen) atoms. The van der Waals surface area contributed by atoms with Crippen molar-refractivity contribution in [3.63, 3.8) is 0 Å². The second-order valence-corrected chi connectivity index (χ2v) is 7.65. The number of methoxy groups -OCH3 is 1. The van der Waals surface area contributed by atoms with E-state index in [2.05, 4.69) is 5.32 Å². The number of benzene rings is 2. The largest absolute Gasteiger partial charge is 0.493 e. The van der Waals surface area contributed by atoms with Crippen LogP contribution < -0.4 is 20.5 Å². The molecule has 0 atom stereocenters. The lowest BCUT2D eigenvalue weighted by Gasteiger charge is -2.28. The van der Waals surface area contributed by atoms with Gasteiger partial charge in [0.1, 0.15) is 6.61 Å². The van der Waals surface area contributed by atoms with Crippen molar-refractivity contribution in [3.8, 4) is 11.5 Å². The van der Waals surface area contributed by atoms with Crippen molar-refractivity contribution in [3.05, 3.63) is 59.7 Å². The van der Waals surface area contributed by atoms with Crippen molar-refractivity contribution >= 4 is 6.03 Å². The van der Waals surface area contributed by atoms with Crippen LogP contribution in [-0.4, -0.2) is 36.7 Å². The fourth-order valence-corrected chi connectivity index (χ4v) is 2.69. The topological polar surface area (TPSA) is 76.8 Å². The second kappa shape index (κ2) is 9.99. The van der Waals surface area contributed by atoms with Gasteiger partial charge < -0.3 is 25.4 Å². The minimum absolute atomic E-state index is 0.138. The highest BCUT2D eigenvalue weighted by atomic mass is 16.5. The molecule has 0 aliphatic carbocycles. The molecule has 0 spiro atoms. The van der Waals surface area contributed by atoms with Gasteiger partial charge in [0.25, 0.3) is 0 Å². The predicted octanol–water partition coefficient (Wildman–Crippen LogP) is 3.54. The average Bonchev–Trinajstić information content (AvgIpc) is 2.66. The van der Waals surface area contributed by atoms with Crippen LogP contribution >= 0.6 is 0 Å². The van der Waals surface area contributed by atoms with E-state index in [1.807, 2.05) is 69.3 Å². The summed E-state index contributed by atoms with van der Waals surface area (Å²) in [7, 11) is 1.61. The van der Waals surface area contributed by atoms with E-state index in [0.717, 1.165) is 11.1 Å². The second-order valence-electron chi connectivity index (χ2n) is 7.65. The summed E-state index contributed by atoms with van der Waals surface area (Å²) in [5.41, 5.74) is 7.42. The zero-order valence-electron chi connectivity index (χ0n) is 17.2. The summed E-state index contributed by atoms with van der Waals surface area (Å²) in [5, 5.41) is 2.98. The van der Waals surface area contributed by atoms with Gasteiger partial charge >= 0.3 is 6.03 Å². The molecule has 2 aromatic rings. The lowest BCUT2D eigenvalue weighted by atomic mass is 10.1. The Morgan fingerprint density at radius 1 is 1.07 bits per heavy atom. The normalized spacial score (nSPS) is 11.0. The molecular weight excluding hydrogens is 354 g/mol. The molecule has 0 heterocycles. The van der Waals surface area contributed by atoms with Crippen LogP contribution in [0.4, 0.5) is 4.79 Å². The molecule has 6 heteroatoms. The fourth-order valence-electron chi connectivity index (χ4n) is 2.69. The Kier molecular flexibility index (Phi) is 7.70. The highest BCUT2D eigenvalue weighted by Gasteiger charge is 2.20. The van der Waals surface area contributed by atoms with E-state index in [0.29, 0.717) is 37.7 Å². The van der Waals surface area contributed by atoms with Crippen molar-refractivity contribution in [1.29, 1.82) is 0 Å². The van der Waals surface area contributed by atoms with E-state index in [4.69, 9.17) is 15.2 Å². The SMILES string of the molecule is COc1cc(CN(CCN)C(=O)NC(C)(C)C)ccc1OCc1ccccc1. The first kappa shape index (κ1) is 21.6. The maximum absolute atomic E-state index is 12.5. The number of nitrogens with one attached hydrogen (secondary N) is 1. The highest BCUT2D eigenvalue weighted by molar-refractivity contribution is 5.75. The minimum atomic E-state index is -0.309. The van der Waals surface area contributed by atoms with Gasteiger partial charge in [-0.15, -0.1) is 0 Å². The first-order valence-electron chi connectivity index (χ1n) is 9.43. The Hall–Kier alpha value is -2.73. The van der Waals surface area contributed by atoms with E-state index in [1.54, 1.807) is 12.0 Å². The number of hydrogen-bond acceptors (Lipinski definition) is 4. The van der Waals surface area contributed by atoms with Crippen LogP contribution in [-0.2, 0) is 13.2 Å². The zero-order chi connectivity index (χ0) is 20.6. The Morgan fingerprint density at radius 2 is 1.79 bits per heavy atom. The van der Waals surface area contributed by atoms with Crippen molar-refractivity contribution in [2.24, 2.45) is 5.73 Å². The molecule has 0 radical (unpaired) electrons. The number of ether oxygens (including phenoxy) is 2. The van der Waals surface area contributed by atoms with Crippen LogP contribution in [0.2, 0.25) is 0 Å². The van der Waals surface area contributed by atoms with Gasteiger partial charge in [0, 0.05) is 25.2 Å². The van der Waals surface area contributed by atoms with Gasteiger partial charge in [0.15, 0.2) is 11.5 Å². The van der Waals surface area contributed by atoms with Crippen LogP contribution in [0.25, 0.3) is 0 Å². The number of nitrogens with two attached hydrogens (primary N) is 1. The lowest BCUT2D eigenvalue weighted by Crippen LogP contribution is -2.49. The van der Waals surface area contributed by atoms with E-state index >= 15 is 0 Å². The molecule has 0 aliphatic heterocycles. The van der Waals surface area contributed by atoms with Gasteiger partial charge in [-0.2, -0.15) is 0 Å². The molecule has 0 bridgehead atoms. The molecule has 0 saturated heterocycles. The Bertz CT molecular complexity index is 757. The van der Waals surface area contributed by atoms with E-state index in [1.165, 1.54) is 0 Å². The number of nitrogens with zero attached hydrogens (tertiary/aromatic N) is 1. The van der Waals surface area contributed by atoms with Gasteiger partial charge in [-0.3, -0.25) is 0 Å². The summed E-state index contributed by atoms with van der Waals surface area (Å²) in [4.78, 5) is 14.2. The molecule has 0 saturated carbocycles. The fraction of sp³-hybridized carbons (Fsp3) is 0.409.